The van der Waals surface area contributed by atoms with Crippen LogP contribution in [0.2, 0.25) is 0 Å². The van der Waals surface area contributed by atoms with E-state index in [2.05, 4.69) is 36.3 Å². The molecule has 0 aliphatic carbocycles. The third-order valence-corrected chi connectivity index (χ3v) is 11.8. The van der Waals surface area contributed by atoms with E-state index in [1.54, 1.807) is 60.7 Å². The van der Waals surface area contributed by atoms with Gasteiger partial charge in [0.25, 0.3) is 5.91 Å². The fourth-order valence-electron chi connectivity index (χ4n) is 7.65. The lowest BCUT2D eigenvalue weighted by Gasteiger charge is -2.29. The van der Waals surface area contributed by atoms with Crippen LogP contribution in [-0.4, -0.2) is 78.4 Å². The molecule has 64 heavy (non-hydrogen) atoms. The third-order valence-electron chi connectivity index (χ3n) is 11.0. The number of imide groups is 1. The summed E-state index contributed by atoms with van der Waals surface area (Å²) in [6.07, 6.45) is 4.87. The summed E-state index contributed by atoms with van der Waals surface area (Å²) in [6, 6.07) is 23.7. The monoisotopic (exact) mass is 885 g/mol. The first-order valence-electron chi connectivity index (χ1n) is 20.9. The maximum Gasteiger partial charge on any atom is 0.255 e. The van der Waals surface area contributed by atoms with Gasteiger partial charge in [-0.2, -0.15) is 0 Å². The van der Waals surface area contributed by atoms with Crippen molar-refractivity contribution in [1.82, 2.24) is 25.8 Å². The largest absolute Gasteiger partial charge is 0.383 e. The van der Waals surface area contributed by atoms with Crippen LogP contribution < -0.4 is 37.0 Å². The summed E-state index contributed by atoms with van der Waals surface area (Å²) in [5, 5.41) is 14.3. The smallest absolute Gasteiger partial charge is 0.255 e. The quantitative estimate of drug-likeness (QED) is 0.0222. The number of nitrogens with zero attached hydrogens (tertiary/aromatic N) is 2. The van der Waals surface area contributed by atoms with Gasteiger partial charge in [-0.3, -0.25) is 34.1 Å². The maximum atomic E-state index is 15.6. The number of unbranched alkanes of at least 4 members (excludes halogenated alkanes) is 1. The molecule has 0 bridgehead atoms. The van der Waals surface area contributed by atoms with Crippen molar-refractivity contribution in [3.63, 3.8) is 0 Å². The number of aldehydes is 1. The van der Waals surface area contributed by atoms with Crippen molar-refractivity contribution in [2.75, 3.05) is 47.8 Å². The number of hydrogen-bond donors (Lipinski definition) is 7. The second-order valence-corrected chi connectivity index (χ2v) is 16.3. The number of pyridine rings is 1. The first-order valence-corrected chi connectivity index (χ1v) is 21.7. The van der Waals surface area contributed by atoms with Crippen molar-refractivity contribution in [2.24, 2.45) is 0 Å². The Balaban J connectivity index is 0.836. The number of nitrogen functional groups attached to an aromatic ring is 1. The second kappa shape index (κ2) is 20.9. The molecule has 3 heterocycles. The van der Waals surface area contributed by atoms with E-state index >= 15 is 4.39 Å². The SMILES string of the molecule is CNCCc1cc(-c2cc(-c3ccc(SNc4cccc(NC(=O)CNCCCCC(=O)Nc5cccc6c5CN(C5CCC(=O)NC5=O)C6=O)c4)cc3F)cnc2N)ccc1C=O. The molecule has 0 saturated carbocycles. The van der Waals surface area contributed by atoms with Crippen LogP contribution in [0.5, 0.6) is 0 Å². The number of hydrogen-bond acceptors (Lipinski definition) is 12. The van der Waals surface area contributed by atoms with Crippen molar-refractivity contribution in [3.8, 4) is 22.3 Å². The van der Waals surface area contributed by atoms with Crippen molar-refractivity contribution >= 4 is 70.7 Å². The van der Waals surface area contributed by atoms with Gasteiger partial charge < -0.3 is 36.6 Å². The van der Waals surface area contributed by atoms with Gasteiger partial charge in [-0.15, -0.1) is 0 Å². The number of nitrogens with two attached hydrogens (primary N) is 1. The number of anilines is 4. The van der Waals surface area contributed by atoms with Crippen LogP contribution >= 0.6 is 11.9 Å². The van der Waals surface area contributed by atoms with Crippen LogP contribution in [0.3, 0.4) is 0 Å². The van der Waals surface area contributed by atoms with Crippen molar-refractivity contribution in [2.45, 2.75) is 56.0 Å². The minimum Gasteiger partial charge on any atom is -0.383 e. The number of likely N-dealkylation sites (N-methyl/N-ethyl adjacent to an activating group) is 1. The van der Waals surface area contributed by atoms with Gasteiger partial charge in [0, 0.05) is 80.9 Å². The number of rotatable bonds is 19. The Morgan fingerprint density at radius 1 is 0.906 bits per heavy atom. The number of fused-ring (bicyclic) bond motifs is 1. The lowest BCUT2D eigenvalue weighted by atomic mass is 9.96. The van der Waals surface area contributed by atoms with Crippen LogP contribution in [-0.2, 0) is 32.1 Å². The molecule has 1 atom stereocenters. The number of benzene rings is 4. The molecule has 2 aliphatic rings. The Bertz CT molecular complexity index is 2610. The number of aromatic nitrogens is 1. The molecule has 1 aromatic heterocycles. The molecule has 17 heteroatoms. The lowest BCUT2D eigenvalue weighted by Crippen LogP contribution is -2.52. The summed E-state index contributed by atoms with van der Waals surface area (Å²) in [5.41, 5.74) is 12.9. The van der Waals surface area contributed by atoms with Gasteiger partial charge in [-0.05, 0) is 117 Å². The van der Waals surface area contributed by atoms with Crippen LogP contribution in [0, 0.1) is 5.82 Å². The van der Waals surface area contributed by atoms with Crippen LogP contribution in [0.15, 0.2) is 96.0 Å². The highest BCUT2D eigenvalue weighted by Crippen LogP contribution is 2.35. The molecule has 15 nitrogen and oxygen atoms in total. The van der Waals surface area contributed by atoms with Gasteiger partial charge in [0.15, 0.2) is 0 Å². The van der Waals surface area contributed by atoms with Gasteiger partial charge in [0.1, 0.15) is 24.0 Å². The van der Waals surface area contributed by atoms with Crippen molar-refractivity contribution in [3.05, 3.63) is 119 Å². The third kappa shape index (κ3) is 11.0. The van der Waals surface area contributed by atoms with Crippen LogP contribution in [0.25, 0.3) is 22.3 Å². The van der Waals surface area contributed by atoms with E-state index in [0.29, 0.717) is 93.5 Å². The molecule has 1 saturated heterocycles. The summed E-state index contributed by atoms with van der Waals surface area (Å²) in [4.78, 5) is 80.6. The Labute approximate surface area is 373 Å². The molecule has 5 amide bonds. The number of amides is 5. The molecule has 1 fully saturated rings. The molecule has 0 spiro atoms. The molecule has 4 aromatic carbocycles. The minimum absolute atomic E-state index is 0.0628. The molecule has 5 aromatic rings. The number of piperidine rings is 1. The summed E-state index contributed by atoms with van der Waals surface area (Å²) >= 11 is 1.22. The predicted molar refractivity (Wildman–Crippen MR) is 245 cm³/mol. The highest BCUT2D eigenvalue weighted by molar-refractivity contribution is 8.00. The van der Waals surface area contributed by atoms with Gasteiger partial charge in [-0.25, -0.2) is 9.37 Å². The van der Waals surface area contributed by atoms with E-state index in [0.717, 1.165) is 17.4 Å². The summed E-state index contributed by atoms with van der Waals surface area (Å²) in [7, 11) is 1.85. The van der Waals surface area contributed by atoms with Crippen LogP contribution in [0.1, 0.15) is 63.9 Å². The molecule has 2 aliphatic heterocycles. The Morgan fingerprint density at radius 2 is 1.73 bits per heavy atom. The van der Waals surface area contributed by atoms with E-state index < -0.39 is 17.8 Å². The molecular weight excluding hydrogens is 838 g/mol. The van der Waals surface area contributed by atoms with E-state index in [4.69, 9.17) is 5.73 Å². The average molecular weight is 886 g/mol. The van der Waals surface area contributed by atoms with Gasteiger partial charge in [0.05, 0.1) is 6.54 Å². The molecule has 1 unspecified atom stereocenters. The topological polar surface area (TPSA) is 217 Å². The summed E-state index contributed by atoms with van der Waals surface area (Å²) < 4.78 is 18.8. The standard InChI is InChI=1S/C47H48FN9O6S/c1-50-19-17-28-20-29(11-12-30(28)27-58)37-21-31(24-52-45(37)49)35-14-13-34(23-39(35)48)64-56-33-7-4-6-32(22-33)53-44(61)25-51-18-3-2-10-42(59)54-40-9-5-8-36-38(40)26-57(47(36)63)41-15-16-43(60)55-46(41)62/h4-9,11-14,20-24,27,41,50-51,56H,2-3,10,15-19,25-26H2,1H3,(H2,49,52)(H,53,61)(H,54,59)(H,55,60,62). The van der Waals surface area contributed by atoms with E-state index in [-0.39, 0.29) is 56.0 Å². The van der Waals surface area contributed by atoms with E-state index in [9.17, 15) is 28.8 Å². The van der Waals surface area contributed by atoms with Crippen molar-refractivity contribution in [1.29, 1.82) is 0 Å². The van der Waals surface area contributed by atoms with Gasteiger partial charge in [0.2, 0.25) is 23.6 Å². The van der Waals surface area contributed by atoms with Gasteiger partial charge in [-0.1, -0.05) is 36.4 Å². The minimum atomic E-state index is -0.742. The summed E-state index contributed by atoms with van der Waals surface area (Å²) in [6.45, 7) is 1.43. The zero-order chi connectivity index (χ0) is 45.2. The molecule has 0 radical (unpaired) electrons. The second-order valence-electron chi connectivity index (χ2n) is 15.4. The molecular formula is C47H48FN9O6S. The lowest BCUT2D eigenvalue weighted by molar-refractivity contribution is -0.137. The van der Waals surface area contributed by atoms with Gasteiger partial charge >= 0.3 is 0 Å². The van der Waals surface area contributed by atoms with Crippen LogP contribution in [0.4, 0.5) is 27.3 Å². The van der Waals surface area contributed by atoms with Crippen molar-refractivity contribution < 1.29 is 33.2 Å². The maximum absolute atomic E-state index is 15.6. The molecule has 330 valence electrons. The normalized spacial score (nSPS) is 14.5. The highest BCUT2D eigenvalue weighted by atomic mass is 32.2. The van der Waals surface area contributed by atoms with E-state index in [1.165, 1.54) is 29.1 Å². The molecule has 7 rings (SSSR count). The number of carbonyl (C=O) groups excluding carboxylic acids is 6. The Hall–Kier alpha value is -6.95. The Kier molecular flexibility index (Phi) is 14.8. The molecule has 8 N–H and O–H groups in total. The first kappa shape index (κ1) is 45.1. The number of carbonyl (C=O) groups is 6. The summed E-state index contributed by atoms with van der Waals surface area (Å²) in [5.74, 6) is -1.77. The Morgan fingerprint density at radius 3 is 2.53 bits per heavy atom. The highest BCUT2D eigenvalue weighted by Gasteiger charge is 2.40. The fraction of sp³-hybridized carbons (Fsp3) is 0.255. The zero-order valence-electron chi connectivity index (χ0n) is 35.1. The zero-order valence-corrected chi connectivity index (χ0v) is 35.9. The number of nitrogens with one attached hydrogen (secondary N) is 6. The van der Waals surface area contributed by atoms with E-state index in [1.807, 2.05) is 25.2 Å². The predicted octanol–water partition coefficient (Wildman–Crippen LogP) is 5.93. The first-order chi connectivity index (χ1) is 31.0. The number of halogens is 1. The average Bonchev–Trinajstić information content (AvgIpc) is 3.62. The fourth-order valence-corrected chi connectivity index (χ4v) is 8.31.